The predicted molar refractivity (Wildman–Crippen MR) is 108 cm³/mol. The number of amides is 3. The van der Waals surface area contributed by atoms with Crippen LogP contribution < -0.4 is 10.6 Å². The number of thioether (sulfide) groups is 1. The van der Waals surface area contributed by atoms with E-state index in [4.69, 9.17) is 0 Å². The molecule has 0 spiro atoms. The molecule has 7 nitrogen and oxygen atoms in total. The predicted octanol–water partition coefficient (Wildman–Crippen LogP) is 3.67. The van der Waals surface area contributed by atoms with E-state index in [2.05, 4.69) is 20.8 Å². The van der Waals surface area contributed by atoms with E-state index in [1.54, 1.807) is 25.1 Å². The van der Waals surface area contributed by atoms with Crippen LogP contribution in [0.25, 0.3) is 11.4 Å². The summed E-state index contributed by atoms with van der Waals surface area (Å²) in [5, 5.41) is 13.7. The van der Waals surface area contributed by atoms with Crippen molar-refractivity contribution in [1.29, 1.82) is 0 Å². The first-order valence-corrected chi connectivity index (χ1v) is 10.9. The standard InChI is InChI=1S/C20H24FN5O2S/c1-12(18(27)23-19(28)22-13-6-2-3-7-13)29-20-25-24-17(26(20)14-10-11-14)15-8-4-5-9-16(15)21/h4-5,8-9,12-14H,2-3,6-7,10-11H2,1H3,(H2,22,23,27,28)/t12-/m1/s1. The first kappa shape index (κ1) is 19.9. The average Bonchev–Trinajstić information content (AvgIpc) is 3.24. The molecule has 2 fully saturated rings. The Kier molecular flexibility index (Phi) is 5.84. The number of nitrogens with one attached hydrogen (secondary N) is 2. The Balaban J connectivity index is 1.44. The third kappa shape index (κ3) is 4.60. The van der Waals surface area contributed by atoms with Crippen molar-refractivity contribution in [2.75, 3.05) is 0 Å². The monoisotopic (exact) mass is 417 g/mol. The highest BCUT2D eigenvalue weighted by Crippen LogP contribution is 2.42. The molecule has 0 saturated heterocycles. The topological polar surface area (TPSA) is 88.9 Å². The first-order valence-electron chi connectivity index (χ1n) is 10.0. The molecule has 2 saturated carbocycles. The van der Waals surface area contributed by atoms with Gasteiger partial charge < -0.3 is 5.32 Å². The van der Waals surface area contributed by atoms with Crippen LogP contribution in [0.2, 0.25) is 0 Å². The SMILES string of the molecule is C[C@@H](Sc1nnc(-c2ccccc2F)n1C1CC1)C(=O)NC(=O)NC1CCCC1. The second-order valence-corrected chi connectivity index (χ2v) is 8.90. The van der Waals surface area contributed by atoms with Crippen molar-refractivity contribution < 1.29 is 14.0 Å². The van der Waals surface area contributed by atoms with Crippen molar-refractivity contribution in [2.24, 2.45) is 0 Å². The molecule has 2 N–H and O–H groups in total. The Morgan fingerprint density at radius 3 is 2.59 bits per heavy atom. The summed E-state index contributed by atoms with van der Waals surface area (Å²) in [5.41, 5.74) is 0.395. The summed E-state index contributed by atoms with van der Waals surface area (Å²) in [6, 6.07) is 6.37. The van der Waals surface area contributed by atoms with E-state index in [0.29, 0.717) is 16.5 Å². The Morgan fingerprint density at radius 2 is 1.90 bits per heavy atom. The fourth-order valence-electron chi connectivity index (χ4n) is 3.56. The third-order valence-electron chi connectivity index (χ3n) is 5.27. The highest BCUT2D eigenvalue weighted by atomic mass is 32.2. The maximum Gasteiger partial charge on any atom is 0.321 e. The molecule has 0 unspecified atom stereocenters. The Morgan fingerprint density at radius 1 is 1.17 bits per heavy atom. The molecule has 0 radical (unpaired) electrons. The Bertz CT molecular complexity index is 908. The molecule has 1 atom stereocenters. The van der Waals surface area contributed by atoms with E-state index in [9.17, 15) is 14.0 Å². The zero-order valence-electron chi connectivity index (χ0n) is 16.2. The maximum atomic E-state index is 14.3. The van der Waals surface area contributed by atoms with Gasteiger partial charge in [0.15, 0.2) is 11.0 Å². The van der Waals surface area contributed by atoms with Gasteiger partial charge in [-0.05, 0) is 44.7 Å². The van der Waals surface area contributed by atoms with Crippen molar-refractivity contribution in [3.63, 3.8) is 0 Å². The summed E-state index contributed by atoms with van der Waals surface area (Å²) in [7, 11) is 0. The zero-order chi connectivity index (χ0) is 20.4. The van der Waals surface area contributed by atoms with Crippen LogP contribution in [0.15, 0.2) is 29.4 Å². The van der Waals surface area contributed by atoms with Crippen LogP contribution in [0.1, 0.15) is 51.5 Å². The summed E-state index contributed by atoms with van der Waals surface area (Å²) < 4.78 is 16.2. The van der Waals surface area contributed by atoms with Gasteiger partial charge >= 0.3 is 6.03 Å². The van der Waals surface area contributed by atoms with Crippen LogP contribution in [0.4, 0.5) is 9.18 Å². The van der Waals surface area contributed by atoms with Gasteiger partial charge in [-0.2, -0.15) is 0 Å². The minimum Gasteiger partial charge on any atom is -0.335 e. The summed E-state index contributed by atoms with van der Waals surface area (Å²) in [4.78, 5) is 24.5. The molecule has 9 heteroatoms. The van der Waals surface area contributed by atoms with E-state index in [1.807, 2.05) is 4.57 Å². The highest BCUT2D eigenvalue weighted by molar-refractivity contribution is 8.00. The Hall–Kier alpha value is -2.42. The fourth-order valence-corrected chi connectivity index (χ4v) is 4.48. The van der Waals surface area contributed by atoms with E-state index < -0.39 is 11.3 Å². The number of hydrogen-bond donors (Lipinski definition) is 2. The minimum absolute atomic E-state index is 0.145. The van der Waals surface area contributed by atoms with E-state index in [-0.39, 0.29) is 23.8 Å². The quantitative estimate of drug-likeness (QED) is 0.700. The molecule has 2 aromatic rings. The van der Waals surface area contributed by atoms with Gasteiger partial charge in [0.2, 0.25) is 5.91 Å². The Labute approximate surface area is 172 Å². The van der Waals surface area contributed by atoms with E-state index in [1.165, 1.54) is 17.8 Å². The number of aromatic nitrogens is 3. The van der Waals surface area contributed by atoms with Gasteiger partial charge in [0.05, 0.1) is 10.8 Å². The largest absolute Gasteiger partial charge is 0.335 e. The van der Waals surface area contributed by atoms with Crippen molar-refractivity contribution in [2.45, 2.75) is 67.9 Å². The molecule has 1 aromatic carbocycles. The highest BCUT2D eigenvalue weighted by Gasteiger charge is 2.32. The summed E-state index contributed by atoms with van der Waals surface area (Å²) in [5.74, 6) is -0.268. The number of hydrogen-bond acceptors (Lipinski definition) is 5. The molecule has 154 valence electrons. The minimum atomic E-state index is -0.542. The second kappa shape index (κ2) is 8.52. The van der Waals surface area contributed by atoms with Gasteiger partial charge in [-0.1, -0.05) is 36.7 Å². The van der Waals surface area contributed by atoms with Crippen LogP contribution >= 0.6 is 11.8 Å². The summed E-state index contributed by atoms with van der Waals surface area (Å²) in [6.45, 7) is 1.72. The van der Waals surface area contributed by atoms with Gasteiger partial charge in [-0.15, -0.1) is 10.2 Å². The van der Waals surface area contributed by atoms with E-state index >= 15 is 0 Å². The van der Waals surface area contributed by atoms with Crippen LogP contribution in [0.5, 0.6) is 0 Å². The van der Waals surface area contributed by atoms with Crippen molar-refractivity contribution in [3.8, 4) is 11.4 Å². The average molecular weight is 418 g/mol. The lowest BCUT2D eigenvalue weighted by atomic mass is 10.2. The molecular weight excluding hydrogens is 393 g/mol. The normalized spacial score (nSPS) is 17.9. The van der Waals surface area contributed by atoms with Gasteiger partial charge in [-0.25, -0.2) is 9.18 Å². The number of urea groups is 1. The van der Waals surface area contributed by atoms with Gasteiger partial charge in [0, 0.05) is 12.1 Å². The molecule has 0 aliphatic heterocycles. The fraction of sp³-hybridized carbons (Fsp3) is 0.500. The van der Waals surface area contributed by atoms with Gasteiger partial charge in [-0.3, -0.25) is 14.7 Å². The number of carbonyl (C=O) groups excluding carboxylic acids is 2. The molecule has 4 rings (SSSR count). The lowest BCUT2D eigenvalue weighted by Crippen LogP contribution is -2.45. The van der Waals surface area contributed by atoms with Crippen molar-refractivity contribution in [1.82, 2.24) is 25.4 Å². The van der Waals surface area contributed by atoms with Gasteiger partial charge in [0.25, 0.3) is 0 Å². The van der Waals surface area contributed by atoms with Crippen LogP contribution in [-0.2, 0) is 4.79 Å². The van der Waals surface area contributed by atoms with Crippen molar-refractivity contribution >= 4 is 23.7 Å². The smallest absolute Gasteiger partial charge is 0.321 e. The number of rotatable bonds is 6. The zero-order valence-corrected chi connectivity index (χ0v) is 17.0. The molecule has 2 aliphatic carbocycles. The first-order chi connectivity index (χ1) is 14.0. The molecule has 0 bridgehead atoms. The van der Waals surface area contributed by atoms with Crippen LogP contribution in [0.3, 0.4) is 0 Å². The van der Waals surface area contributed by atoms with Crippen LogP contribution in [0, 0.1) is 5.82 Å². The van der Waals surface area contributed by atoms with E-state index in [0.717, 1.165) is 38.5 Å². The lowest BCUT2D eigenvalue weighted by Gasteiger charge is -2.15. The lowest BCUT2D eigenvalue weighted by molar-refractivity contribution is -0.119. The van der Waals surface area contributed by atoms with Crippen molar-refractivity contribution in [3.05, 3.63) is 30.1 Å². The summed E-state index contributed by atoms with van der Waals surface area (Å²) in [6.07, 6.45) is 6.05. The summed E-state index contributed by atoms with van der Waals surface area (Å²) >= 11 is 1.23. The number of carbonyl (C=O) groups is 2. The number of nitrogens with zero attached hydrogens (tertiary/aromatic N) is 3. The number of benzene rings is 1. The molecule has 3 amide bonds. The number of imide groups is 1. The molecule has 1 aromatic heterocycles. The molecule has 29 heavy (non-hydrogen) atoms. The molecule has 1 heterocycles. The maximum absolute atomic E-state index is 14.3. The molecule has 2 aliphatic rings. The number of halogens is 1. The third-order valence-corrected chi connectivity index (χ3v) is 6.33. The second-order valence-electron chi connectivity index (χ2n) is 7.59. The molecular formula is C20H24FN5O2S. The van der Waals surface area contributed by atoms with Crippen LogP contribution in [-0.4, -0.2) is 38.0 Å². The van der Waals surface area contributed by atoms with Gasteiger partial charge in [0.1, 0.15) is 5.82 Å².